The summed E-state index contributed by atoms with van der Waals surface area (Å²) < 4.78 is 3.83. The lowest BCUT2D eigenvalue weighted by Gasteiger charge is -2.32. The van der Waals surface area contributed by atoms with Crippen LogP contribution in [0.4, 0.5) is 0 Å². The highest BCUT2D eigenvalue weighted by molar-refractivity contribution is 6.04. The van der Waals surface area contributed by atoms with E-state index in [1.54, 1.807) is 24.1 Å². The Bertz CT molecular complexity index is 1190. The molecule has 0 aliphatic carbocycles. The molecule has 1 fully saturated rings. The smallest absolute Gasteiger partial charge is 0.256 e. The SMILES string of the molecule is Cc1cc(C(=O)N2CCC(CNC(=O)c3cnn(C)c3)CC2)c2nc3n(c2n1)CCCCC3. The first kappa shape index (κ1) is 21.6. The highest BCUT2D eigenvalue weighted by Crippen LogP contribution is 2.26. The molecule has 33 heavy (non-hydrogen) atoms. The maximum absolute atomic E-state index is 13.5. The number of fused-ring (bicyclic) bond motifs is 3. The van der Waals surface area contributed by atoms with E-state index in [9.17, 15) is 9.59 Å². The van der Waals surface area contributed by atoms with E-state index in [4.69, 9.17) is 9.97 Å². The second-order valence-corrected chi connectivity index (χ2v) is 9.32. The predicted octanol–water partition coefficient (Wildman–Crippen LogP) is 2.48. The van der Waals surface area contributed by atoms with Crippen molar-refractivity contribution in [2.75, 3.05) is 19.6 Å². The number of aryl methyl sites for hydroxylation is 4. The van der Waals surface area contributed by atoms with E-state index < -0.39 is 0 Å². The summed E-state index contributed by atoms with van der Waals surface area (Å²) >= 11 is 0. The van der Waals surface area contributed by atoms with Gasteiger partial charge in [0.15, 0.2) is 5.65 Å². The first-order valence-corrected chi connectivity index (χ1v) is 11.9. The Morgan fingerprint density at radius 1 is 1.12 bits per heavy atom. The van der Waals surface area contributed by atoms with Crippen molar-refractivity contribution in [3.05, 3.63) is 41.1 Å². The second kappa shape index (κ2) is 8.96. The Labute approximate surface area is 193 Å². The van der Waals surface area contributed by atoms with Gasteiger partial charge in [0.05, 0.1) is 17.3 Å². The zero-order chi connectivity index (χ0) is 22.9. The van der Waals surface area contributed by atoms with Gasteiger partial charge in [-0.05, 0) is 44.6 Å². The number of imidazole rings is 1. The fourth-order valence-corrected chi connectivity index (χ4v) is 4.97. The molecule has 174 valence electrons. The molecule has 2 aliphatic rings. The third-order valence-electron chi connectivity index (χ3n) is 6.84. The number of hydrogen-bond donors (Lipinski definition) is 1. The van der Waals surface area contributed by atoms with Crippen molar-refractivity contribution in [3.8, 4) is 0 Å². The van der Waals surface area contributed by atoms with Crippen LogP contribution >= 0.6 is 0 Å². The van der Waals surface area contributed by atoms with Crippen LogP contribution in [0.1, 0.15) is 64.3 Å². The number of carbonyl (C=O) groups is 2. The molecule has 0 radical (unpaired) electrons. The van der Waals surface area contributed by atoms with Gasteiger partial charge in [0.2, 0.25) is 0 Å². The first-order chi connectivity index (χ1) is 16.0. The van der Waals surface area contributed by atoms with Gasteiger partial charge < -0.3 is 14.8 Å². The molecule has 0 aromatic carbocycles. The van der Waals surface area contributed by atoms with E-state index in [2.05, 4.69) is 15.0 Å². The Morgan fingerprint density at radius 2 is 1.94 bits per heavy atom. The Balaban J connectivity index is 1.25. The number of hydrogen-bond acceptors (Lipinski definition) is 5. The number of likely N-dealkylation sites (tertiary alicyclic amines) is 1. The molecule has 3 aromatic heterocycles. The zero-order valence-electron chi connectivity index (χ0n) is 19.4. The quantitative estimate of drug-likeness (QED) is 0.660. The molecular weight excluding hydrogens is 418 g/mol. The van der Waals surface area contributed by atoms with Gasteiger partial charge in [-0.3, -0.25) is 14.3 Å². The van der Waals surface area contributed by atoms with Gasteiger partial charge in [0.25, 0.3) is 11.8 Å². The predicted molar refractivity (Wildman–Crippen MR) is 124 cm³/mol. The van der Waals surface area contributed by atoms with E-state index >= 15 is 0 Å². The molecule has 1 saturated heterocycles. The summed E-state index contributed by atoms with van der Waals surface area (Å²) in [4.78, 5) is 37.3. The van der Waals surface area contributed by atoms with Crippen LogP contribution in [0.3, 0.4) is 0 Å². The van der Waals surface area contributed by atoms with Gasteiger partial charge in [-0.1, -0.05) is 6.42 Å². The molecule has 5 heterocycles. The Hall–Kier alpha value is -3.23. The van der Waals surface area contributed by atoms with E-state index in [0.717, 1.165) is 61.3 Å². The van der Waals surface area contributed by atoms with Crippen LogP contribution in [0.25, 0.3) is 11.2 Å². The summed E-state index contributed by atoms with van der Waals surface area (Å²) in [7, 11) is 1.79. The van der Waals surface area contributed by atoms with E-state index in [-0.39, 0.29) is 11.8 Å². The molecule has 2 aliphatic heterocycles. The van der Waals surface area contributed by atoms with Crippen molar-refractivity contribution in [3.63, 3.8) is 0 Å². The summed E-state index contributed by atoms with van der Waals surface area (Å²) in [5, 5.41) is 7.05. The average Bonchev–Trinajstić information content (AvgIpc) is 3.32. The minimum absolute atomic E-state index is 0.0385. The zero-order valence-corrected chi connectivity index (χ0v) is 19.4. The maximum atomic E-state index is 13.5. The standard InChI is InChI=1S/C24H31N7O2/c1-16-12-19(21-22(27-16)31-9-5-3-4-6-20(31)28-21)24(33)30-10-7-17(8-11-30)13-25-23(32)18-14-26-29(2)15-18/h12,14-15,17H,3-11,13H2,1-2H3,(H,25,32). The van der Waals surface area contributed by atoms with Crippen molar-refractivity contribution >= 4 is 23.0 Å². The average molecular weight is 450 g/mol. The van der Waals surface area contributed by atoms with E-state index in [1.165, 1.54) is 6.42 Å². The van der Waals surface area contributed by atoms with Crippen molar-refractivity contribution < 1.29 is 9.59 Å². The van der Waals surface area contributed by atoms with Crippen LogP contribution in [0.15, 0.2) is 18.5 Å². The topological polar surface area (TPSA) is 97.9 Å². The molecule has 0 saturated carbocycles. The number of pyridine rings is 1. The van der Waals surface area contributed by atoms with Gasteiger partial charge in [-0.25, -0.2) is 9.97 Å². The Morgan fingerprint density at radius 3 is 2.70 bits per heavy atom. The minimum Gasteiger partial charge on any atom is -0.352 e. The van der Waals surface area contributed by atoms with Crippen LogP contribution in [-0.2, 0) is 20.0 Å². The monoisotopic (exact) mass is 449 g/mol. The maximum Gasteiger partial charge on any atom is 0.256 e. The van der Waals surface area contributed by atoms with Crippen molar-refractivity contribution in [1.82, 2.24) is 34.5 Å². The number of piperidine rings is 1. The third kappa shape index (κ3) is 4.36. The third-order valence-corrected chi connectivity index (χ3v) is 6.84. The van der Waals surface area contributed by atoms with Gasteiger partial charge in [0, 0.05) is 51.5 Å². The molecule has 1 N–H and O–H groups in total. The van der Waals surface area contributed by atoms with Crippen molar-refractivity contribution in [2.24, 2.45) is 13.0 Å². The van der Waals surface area contributed by atoms with Crippen molar-refractivity contribution in [2.45, 2.75) is 52.0 Å². The van der Waals surface area contributed by atoms with Gasteiger partial charge in [-0.15, -0.1) is 0 Å². The highest BCUT2D eigenvalue weighted by atomic mass is 16.2. The van der Waals surface area contributed by atoms with E-state index in [0.29, 0.717) is 36.7 Å². The number of carbonyl (C=O) groups excluding carboxylic acids is 2. The lowest BCUT2D eigenvalue weighted by Crippen LogP contribution is -2.41. The molecule has 3 aromatic rings. The van der Waals surface area contributed by atoms with Crippen LogP contribution in [0, 0.1) is 12.8 Å². The molecular formula is C24H31N7O2. The lowest BCUT2D eigenvalue weighted by atomic mass is 9.96. The number of aromatic nitrogens is 5. The van der Waals surface area contributed by atoms with Crippen molar-refractivity contribution in [1.29, 1.82) is 0 Å². The summed E-state index contributed by atoms with van der Waals surface area (Å²) in [6.07, 6.45) is 9.43. The molecule has 0 bridgehead atoms. The number of amides is 2. The fourth-order valence-electron chi connectivity index (χ4n) is 4.97. The number of rotatable bonds is 4. The summed E-state index contributed by atoms with van der Waals surface area (Å²) in [6, 6.07) is 1.89. The first-order valence-electron chi connectivity index (χ1n) is 11.9. The molecule has 5 rings (SSSR count). The van der Waals surface area contributed by atoms with Gasteiger partial charge >= 0.3 is 0 Å². The highest BCUT2D eigenvalue weighted by Gasteiger charge is 2.27. The number of nitrogens with zero attached hydrogens (tertiary/aromatic N) is 6. The van der Waals surface area contributed by atoms with Crippen LogP contribution in [0.5, 0.6) is 0 Å². The van der Waals surface area contributed by atoms with E-state index in [1.807, 2.05) is 17.9 Å². The molecule has 9 heteroatoms. The van der Waals surface area contributed by atoms with Gasteiger partial charge in [0.1, 0.15) is 11.3 Å². The normalized spacial score (nSPS) is 17.1. The largest absolute Gasteiger partial charge is 0.352 e. The minimum atomic E-state index is -0.101. The van der Waals surface area contributed by atoms with Crippen LogP contribution in [0.2, 0.25) is 0 Å². The van der Waals surface area contributed by atoms with Gasteiger partial charge in [-0.2, -0.15) is 5.10 Å². The fraction of sp³-hybridized carbons (Fsp3) is 0.542. The van der Waals surface area contributed by atoms with Crippen LogP contribution < -0.4 is 5.32 Å². The lowest BCUT2D eigenvalue weighted by molar-refractivity contribution is 0.0686. The molecule has 0 atom stereocenters. The summed E-state index contributed by atoms with van der Waals surface area (Å²) in [6.45, 7) is 4.85. The number of nitrogens with one attached hydrogen (secondary N) is 1. The van der Waals surface area contributed by atoms with Crippen LogP contribution in [-0.4, -0.2) is 60.7 Å². The second-order valence-electron chi connectivity index (χ2n) is 9.32. The summed E-state index contributed by atoms with van der Waals surface area (Å²) in [5.74, 6) is 1.35. The summed E-state index contributed by atoms with van der Waals surface area (Å²) in [5.41, 5.74) is 3.68. The molecule has 2 amide bonds. The molecule has 0 spiro atoms. The molecule has 9 nitrogen and oxygen atoms in total. The molecule has 0 unspecified atom stereocenters. The Kier molecular flexibility index (Phi) is 5.86.